The fourth-order valence-corrected chi connectivity index (χ4v) is 8.28. The molecule has 0 radical (unpaired) electrons. The molecular weight excluding hydrogens is 589 g/mol. The van der Waals surface area contributed by atoms with E-state index < -0.39 is 46.8 Å². The van der Waals surface area contributed by atoms with Gasteiger partial charge in [-0.3, -0.25) is 19.3 Å². The Labute approximate surface area is 259 Å². The number of hydrogen-bond acceptors (Lipinski definition) is 7. The number of likely N-dealkylation sites (tertiary alicyclic amines) is 1. The third kappa shape index (κ3) is 4.83. The molecule has 1 spiro atoms. The fourth-order valence-electron chi connectivity index (χ4n) is 8.28. The van der Waals surface area contributed by atoms with Gasteiger partial charge >= 0.3 is 18.1 Å². The minimum absolute atomic E-state index is 0.168. The maximum atomic E-state index is 13.6. The van der Waals surface area contributed by atoms with Gasteiger partial charge in [0.1, 0.15) is 11.7 Å². The molecule has 1 saturated heterocycles. The lowest BCUT2D eigenvalue weighted by molar-refractivity contribution is -0.222. The van der Waals surface area contributed by atoms with Gasteiger partial charge in [-0.2, -0.15) is 13.2 Å². The van der Waals surface area contributed by atoms with Crippen LogP contribution in [0.25, 0.3) is 6.08 Å². The summed E-state index contributed by atoms with van der Waals surface area (Å²) in [5.41, 5.74) is -0.222. The van der Waals surface area contributed by atoms with E-state index in [4.69, 9.17) is 14.2 Å². The number of likely N-dealkylation sites (N-methyl/N-ethyl adjacent to an activating group) is 1. The molecule has 5 atom stereocenters. The Bertz CT molecular complexity index is 1590. The zero-order valence-electron chi connectivity index (χ0n) is 25.4. The van der Waals surface area contributed by atoms with E-state index in [1.54, 1.807) is 18.0 Å². The SMILES string of the molecule is C=CCN1CC[C@]23c4c5ccc(OC(C)=O)c4O[C@H]2[C@H](N(C)C(=O)C=Cc2ccc(C(F)(F)F)cc2)CC[C@@]3(OC(C)=O)[C@H]1C5. The van der Waals surface area contributed by atoms with Gasteiger partial charge in [-0.25, -0.2) is 0 Å². The van der Waals surface area contributed by atoms with Crippen molar-refractivity contribution in [3.63, 3.8) is 0 Å². The molecule has 0 unspecified atom stereocenters. The Morgan fingerprint density at radius 1 is 1.11 bits per heavy atom. The predicted molar refractivity (Wildman–Crippen MR) is 158 cm³/mol. The molecule has 0 aromatic heterocycles. The molecule has 1 amide bonds. The van der Waals surface area contributed by atoms with Crippen LogP contribution in [0.5, 0.6) is 11.5 Å². The molecule has 1 saturated carbocycles. The first-order valence-corrected chi connectivity index (χ1v) is 15.0. The van der Waals surface area contributed by atoms with Crippen molar-refractivity contribution in [3.05, 3.63) is 77.4 Å². The lowest BCUT2D eigenvalue weighted by atomic mass is 9.48. The first-order valence-electron chi connectivity index (χ1n) is 15.0. The normalized spacial score (nSPS) is 28.2. The highest BCUT2D eigenvalue weighted by molar-refractivity contribution is 5.92. The number of halogens is 3. The van der Waals surface area contributed by atoms with Crippen molar-refractivity contribution in [2.75, 3.05) is 20.1 Å². The van der Waals surface area contributed by atoms with E-state index in [-0.39, 0.29) is 17.7 Å². The van der Waals surface area contributed by atoms with Crippen molar-refractivity contribution in [2.24, 2.45) is 0 Å². The van der Waals surface area contributed by atoms with Crippen molar-refractivity contribution in [1.29, 1.82) is 0 Å². The number of alkyl halides is 3. The molecule has 8 nitrogen and oxygen atoms in total. The molecule has 2 fully saturated rings. The average molecular weight is 625 g/mol. The largest absolute Gasteiger partial charge is 0.483 e. The Balaban J connectivity index is 1.40. The van der Waals surface area contributed by atoms with Gasteiger partial charge in [0.15, 0.2) is 11.5 Å². The minimum Gasteiger partial charge on any atom is -0.483 e. The highest BCUT2D eigenvalue weighted by Gasteiger charge is 2.75. The van der Waals surface area contributed by atoms with Gasteiger partial charge in [0, 0.05) is 45.6 Å². The molecule has 4 aliphatic rings. The summed E-state index contributed by atoms with van der Waals surface area (Å²) in [5, 5.41) is 0. The lowest BCUT2D eigenvalue weighted by Gasteiger charge is -2.65. The molecule has 2 aliphatic carbocycles. The molecule has 11 heteroatoms. The molecule has 2 aliphatic heterocycles. The van der Waals surface area contributed by atoms with Crippen molar-refractivity contribution < 1.29 is 41.8 Å². The van der Waals surface area contributed by atoms with Crippen LogP contribution in [0.2, 0.25) is 0 Å². The van der Waals surface area contributed by atoms with Crippen molar-refractivity contribution >= 4 is 23.9 Å². The maximum absolute atomic E-state index is 13.6. The van der Waals surface area contributed by atoms with Crippen LogP contribution in [0, 0.1) is 0 Å². The van der Waals surface area contributed by atoms with Crippen LogP contribution in [0.3, 0.4) is 0 Å². The molecule has 2 aromatic carbocycles. The zero-order valence-corrected chi connectivity index (χ0v) is 25.4. The number of ether oxygens (including phenoxy) is 3. The Hall–Kier alpha value is -4.12. The summed E-state index contributed by atoms with van der Waals surface area (Å²) in [6, 6.07) is 7.63. The molecule has 2 bridgehead atoms. The molecule has 45 heavy (non-hydrogen) atoms. The summed E-state index contributed by atoms with van der Waals surface area (Å²) >= 11 is 0. The van der Waals surface area contributed by atoms with E-state index in [9.17, 15) is 27.6 Å². The number of rotatable bonds is 7. The second-order valence-electron chi connectivity index (χ2n) is 12.3. The number of carbonyl (C=O) groups excluding carboxylic acids is 3. The molecular formula is C34H35F3N2O6. The molecule has 2 heterocycles. The van der Waals surface area contributed by atoms with Gasteiger partial charge in [0.05, 0.1) is 23.1 Å². The van der Waals surface area contributed by atoms with Crippen LogP contribution >= 0.6 is 0 Å². The van der Waals surface area contributed by atoms with Crippen LogP contribution in [-0.2, 0) is 37.1 Å². The highest BCUT2D eigenvalue weighted by atomic mass is 19.4. The van der Waals surface area contributed by atoms with Crippen LogP contribution in [0.1, 0.15) is 55.4 Å². The number of benzene rings is 2. The first kappa shape index (κ1) is 30.9. The smallest absolute Gasteiger partial charge is 0.416 e. The Morgan fingerprint density at radius 2 is 1.84 bits per heavy atom. The van der Waals surface area contributed by atoms with E-state index in [2.05, 4.69) is 11.5 Å². The van der Waals surface area contributed by atoms with Crippen LogP contribution < -0.4 is 9.47 Å². The van der Waals surface area contributed by atoms with Crippen LogP contribution in [-0.4, -0.2) is 71.6 Å². The highest BCUT2D eigenvalue weighted by Crippen LogP contribution is 2.67. The molecule has 0 N–H and O–H groups in total. The topological polar surface area (TPSA) is 85.4 Å². The van der Waals surface area contributed by atoms with Gasteiger partial charge in [-0.1, -0.05) is 24.3 Å². The lowest BCUT2D eigenvalue weighted by Crippen LogP contribution is -2.79. The molecule has 238 valence electrons. The van der Waals surface area contributed by atoms with Gasteiger partial charge in [-0.05, 0) is 61.1 Å². The fraction of sp³-hybridized carbons (Fsp3) is 0.441. The monoisotopic (exact) mass is 624 g/mol. The average Bonchev–Trinajstić information content (AvgIpc) is 3.33. The molecule has 2 aromatic rings. The summed E-state index contributed by atoms with van der Waals surface area (Å²) in [4.78, 5) is 42.3. The third-order valence-corrected chi connectivity index (χ3v) is 9.93. The Morgan fingerprint density at radius 3 is 2.49 bits per heavy atom. The second kappa shape index (κ2) is 11.0. The van der Waals surface area contributed by atoms with E-state index >= 15 is 0 Å². The van der Waals surface area contributed by atoms with Gasteiger partial charge < -0.3 is 19.1 Å². The van der Waals surface area contributed by atoms with Gasteiger partial charge in [0.25, 0.3) is 0 Å². The van der Waals surface area contributed by atoms with E-state index in [1.807, 2.05) is 12.1 Å². The van der Waals surface area contributed by atoms with Crippen molar-refractivity contribution in [3.8, 4) is 11.5 Å². The number of esters is 2. The summed E-state index contributed by atoms with van der Waals surface area (Å²) in [5.74, 6) is -0.543. The van der Waals surface area contributed by atoms with Gasteiger partial charge in [-0.15, -0.1) is 6.58 Å². The number of carbonyl (C=O) groups is 3. The second-order valence-corrected chi connectivity index (χ2v) is 12.3. The van der Waals surface area contributed by atoms with Crippen molar-refractivity contribution in [2.45, 2.75) is 74.9 Å². The number of hydrogen-bond donors (Lipinski definition) is 0. The summed E-state index contributed by atoms with van der Waals surface area (Å²) < 4.78 is 57.8. The van der Waals surface area contributed by atoms with Crippen molar-refractivity contribution in [1.82, 2.24) is 9.80 Å². The van der Waals surface area contributed by atoms with E-state index in [0.717, 1.165) is 23.3 Å². The summed E-state index contributed by atoms with van der Waals surface area (Å²) in [7, 11) is 1.67. The zero-order chi connectivity index (χ0) is 32.3. The maximum Gasteiger partial charge on any atom is 0.416 e. The standard InChI is InChI=1S/C34H35F3N2O6/c1-5-17-39-18-16-32-29-23-9-12-26(43-20(2)40)30(29)44-31(32)25(14-15-33(32,27(39)19-23)45-21(3)41)38(4)28(42)13-8-22-6-10-24(11-7-22)34(35,36)37/h5-13,25,27,31H,1,14-19H2,2-4H3/t25-,27-,31+,32+,33-/m1/s1. The van der Waals surface area contributed by atoms with Crippen LogP contribution in [0.15, 0.2) is 55.1 Å². The van der Waals surface area contributed by atoms with Crippen LogP contribution in [0.4, 0.5) is 13.2 Å². The minimum atomic E-state index is -4.45. The third-order valence-electron chi connectivity index (χ3n) is 9.93. The van der Waals surface area contributed by atoms with E-state index in [0.29, 0.717) is 50.1 Å². The summed E-state index contributed by atoms with van der Waals surface area (Å²) in [6.45, 7) is 7.95. The number of piperidine rings is 1. The quantitative estimate of drug-likeness (QED) is 0.184. The molecule has 6 rings (SSSR count). The first-order chi connectivity index (χ1) is 21.3. The summed E-state index contributed by atoms with van der Waals surface area (Å²) in [6.07, 6.45) is 1.67. The Kier molecular flexibility index (Phi) is 7.58. The van der Waals surface area contributed by atoms with Gasteiger partial charge in [0.2, 0.25) is 5.91 Å². The predicted octanol–water partition coefficient (Wildman–Crippen LogP) is 5.08. The number of amides is 1. The number of nitrogens with zero attached hydrogens (tertiary/aromatic N) is 2. The van der Waals surface area contributed by atoms with E-state index in [1.165, 1.54) is 38.1 Å².